The number of hydrogen-bond acceptors (Lipinski definition) is 7. The fourth-order valence-electron chi connectivity index (χ4n) is 5.98. The molecule has 1 saturated heterocycles. The number of piperidine rings is 1. The van der Waals surface area contributed by atoms with Crippen LogP contribution >= 0.6 is 0 Å². The maximum Gasteiger partial charge on any atom is 0.263 e. The van der Waals surface area contributed by atoms with Crippen LogP contribution in [0.1, 0.15) is 89.9 Å². The highest BCUT2D eigenvalue weighted by Crippen LogP contribution is 2.37. The monoisotopic (exact) mass is 493 g/mol. The smallest absolute Gasteiger partial charge is 0.263 e. The highest BCUT2D eigenvalue weighted by molar-refractivity contribution is 6.24. The lowest BCUT2D eigenvalue weighted by atomic mass is 9.94. The van der Waals surface area contributed by atoms with E-state index in [1.807, 2.05) is 12.1 Å². The molecule has 9 nitrogen and oxygen atoms in total. The number of nitrogens with zero attached hydrogens (tertiary/aromatic N) is 5. The van der Waals surface area contributed by atoms with Gasteiger partial charge in [-0.15, -0.1) is 0 Å². The Morgan fingerprint density at radius 2 is 1.78 bits per heavy atom. The number of rotatable bonds is 5. The molecule has 0 bridgehead atoms. The van der Waals surface area contributed by atoms with E-state index in [9.17, 15) is 14.4 Å². The molecule has 1 saturated carbocycles. The van der Waals surface area contributed by atoms with Gasteiger partial charge in [0.15, 0.2) is 0 Å². The quantitative estimate of drug-likeness (QED) is 0.581. The minimum atomic E-state index is -0.200. The van der Waals surface area contributed by atoms with Crippen LogP contribution in [0, 0.1) is 12.8 Å². The molecule has 2 aliphatic heterocycles. The van der Waals surface area contributed by atoms with Crippen LogP contribution in [0.2, 0.25) is 0 Å². The molecule has 1 atom stereocenters. The Bertz CT molecular complexity index is 1140. The van der Waals surface area contributed by atoms with Crippen LogP contribution in [0.4, 0.5) is 5.69 Å². The van der Waals surface area contributed by atoms with Crippen molar-refractivity contribution in [3.63, 3.8) is 0 Å². The average molecular weight is 494 g/mol. The van der Waals surface area contributed by atoms with Gasteiger partial charge in [-0.2, -0.15) is 0 Å². The van der Waals surface area contributed by atoms with Gasteiger partial charge in [-0.1, -0.05) is 48.5 Å². The highest BCUT2D eigenvalue weighted by Gasteiger charge is 2.42. The van der Waals surface area contributed by atoms with Crippen molar-refractivity contribution < 1.29 is 19.0 Å². The summed E-state index contributed by atoms with van der Waals surface area (Å²) < 4.78 is 4.76. The Labute approximate surface area is 211 Å². The molecule has 36 heavy (non-hydrogen) atoms. The van der Waals surface area contributed by atoms with E-state index in [2.05, 4.69) is 15.2 Å². The van der Waals surface area contributed by atoms with Gasteiger partial charge < -0.3 is 9.80 Å². The molecule has 1 aliphatic carbocycles. The molecule has 3 amide bonds. The van der Waals surface area contributed by atoms with Crippen LogP contribution in [0.5, 0.6) is 0 Å². The van der Waals surface area contributed by atoms with Crippen LogP contribution in [0.15, 0.2) is 22.8 Å². The van der Waals surface area contributed by atoms with Crippen molar-refractivity contribution in [2.75, 3.05) is 25.0 Å². The topological polar surface area (TPSA) is 99.8 Å². The summed E-state index contributed by atoms with van der Waals surface area (Å²) in [6.07, 6.45) is 9.06. The number of amides is 3. The van der Waals surface area contributed by atoms with E-state index < -0.39 is 0 Å². The van der Waals surface area contributed by atoms with E-state index in [4.69, 9.17) is 4.63 Å². The second-order valence-electron chi connectivity index (χ2n) is 10.5. The molecular formula is C27H35N5O4. The Hall–Kier alpha value is -3.23. The van der Waals surface area contributed by atoms with Gasteiger partial charge in [-0.3, -0.25) is 19.3 Å². The van der Waals surface area contributed by atoms with Crippen molar-refractivity contribution in [2.45, 2.75) is 77.3 Å². The fraction of sp³-hybridized carbons (Fsp3) is 0.593. The van der Waals surface area contributed by atoms with Crippen LogP contribution in [0.3, 0.4) is 0 Å². The second-order valence-corrected chi connectivity index (χ2v) is 10.5. The van der Waals surface area contributed by atoms with Gasteiger partial charge in [0.25, 0.3) is 11.8 Å². The summed E-state index contributed by atoms with van der Waals surface area (Å²) >= 11 is 0. The molecule has 0 N–H and O–H groups in total. The summed E-state index contributed by atoms with van der Waals surface area (Å²) in [5, 5.41) is 7.69. The maximum absolute atomic E-state index is 13.7. The zero-order chi connectivity index (χ0) is 25.2. The summed E-state index contributed by atoms with van der Waals surface area (Å²) in [5.74, 6) is -0.499. The number of aromatic nitrogens is 2. The molecule has 2 aromatic rings. The van der Waals surface area contributed by atoms with Crippen molar-refractivity contribution in [1.29, 1.82) is 0 Å². The molecule has 2 fully saturated rings. The number of carbonyl (C=O) groups excluding carboxylic acids is 3. The standard InChI is InChI=1S/C27H35N5O4/c1-18-22(29-36-28-18)17-30(2)25(33)19-10-9-15-31(16-19)23-14-8-13-21-24(23)27(35)32(26(21)34)20-11-6-4-3-5-7-12-20/h8,13-14,19-20H,3-7,9-12,15-17H2,1-2H3. The van der Waals surface area contributed by atoms with Gasteiger partial charge in [-0.25, -0.2) is 4.63 Å². The molecule has 9 heteroatoms. The van der Waals surface area contributed by atoms with Gasteiger partial charge >= 0.3 is 0 Å². The normalized spacial score (nSPS) is 21.3. The zero-order valence-corrected chi connectivity index (χ0v) is 21.2. The molecule has 3 heterocycles. The predicted molar refractivity (Wildman–Crippen MR) is 133 cm³/mol. The van der Waals surface area contributed by atoms with Crippen molar-refractivity contribution in [1.82, 2.24) is 20.1 Å². The Kier molecular flexibility index (Phi) is 7.07. The maximum atomic E-state index is 13.7. The lowest BCUT2D eigenvalue weighted by Crippen LogP contribution is -2.44. The van der Waals surface area contributed by atoms with E-state index in [-0.39, 0.29) is 29.7 Å². The van der Waals surface area contributed by atoms with Crippen LogP contribution < -0.4 is 4.90 Å². The van der Waals surface area contributed by atoms with Gasteiger partial charge in [-0.05, 0) is 44.7 Å². The molecule has 1 aromatic carbocycles. The van der Waals surface area contributed by atoms with E-state index in [1.54, 1.807) is 24.9 Å². The Balaban J connectivity index is 1.34. The first-order chi connectivity index (χ1) is 17.5. The summed E-state index contributed by atoms with van der Waals surface area (Å²) in [5.41, 5.74) is 3.11. The van der Waals surface area contributed by atoms with Crippen molar-refractivity contribution in [3.8, 4) is 0 Å². The van der Waals surface area contributed by atoms with Gasteiger partial charge in [0.2, 0.25) is 5.91 Å². The third-order valence-corrected chi connectivity index (χ3v) is 7.99. The summed E-state index contributed by atoms with van der Waals surface area (Å²) in [7, 11) is 1.77. The number of aryl methyl sites for hydroxylation is 1. The third kappa shape index (κ3) is 4.63. The van der Waals surface area contributed by atoms with E-state index >= 15 is 0 Å². The molecule has 0 spiro atoms. The molecular weight excluding hydrogens is 458 g/mol. The average Bonchev–Trinajstić information content (AvgIpc) is 3.38. The van der Waals surface area contributed by atoms with Crippen LogP contribution in [0.25, 0.3) is 0 Å². The number of carbonyl (C=O) groups is 3. The minimum absolute atomic E-state index is 0.0237. The Morgan fingerprint density at radius 3 is 2.50 bits per heavy atom. The lowest BCUT2D eigenvalue weighted by Gasteiger charge is -2.36. The molecule has 5 rings (SSSR count). The molecule has 1 unspecified atom stereocenters. The van der Waals surface area contributed by atoms with Gasteiger partial charge in [0.05, 0.1) is 29.3 Å². The molecule has 0 radical (unpaired) electrons. The van der Waals surface area contributed by atoms with Gasteiger partial charge in [0, 0.05) is 26.2 Å². The van der Waals surface area contributed by atoms with E-state index in [0.29, 0.717) is 35.6 Å². The number of hydrogen-bond donors (Lipinski definition) is 0. The van der Waals surface area contributed by atoms with E-state index in [1.165, 1.54) is 11.3 Å². The Morgan fingerprint density at radius 1 is 1.03 bits per heavy atom. The summed E-state index contributed by atoms with van der Waals surface area (Å²) in [6.45, 7) is 3.41. The van der Waals surface area contributed by atoms with E-state index in [0.717, 1.165) is 63.6 Å². The predicted octanol–water partition coefficient (Wildman–Crippen LogP) is 3.96. The van der Waals surface area contributed by atoms with Crippen molar-refractivity contribution in [2.24, 2.45) is 5.92 Å². The summed E-state index contributed by atoms with van der Waals surface area (Å²) in [4.78, 5) is 45.7. The largest absolute Gasteiger partial charge is 0.370 e. The zero-order valence-electron chi connectivity index (χ0n) is 21.2. The SMILES string of the molecule is Cc1nonc1CN(C)C(=O)C1CCCN(c2cccc3c2C(=O)N(C2CCCCCCC2)C3=O)C1. The highest BCUT2D eigenvalue weighted by atomic mass is 16.6. The van der Waals surface area contributed by atoms with Crippen molar-refractivity contribution in [3.05, 3.63) is 40.7 Å². The minimum Gasteiger partial charge on any atom is -0.370 e. The van der Waals surface area contributed by atoms with Crippen LogP contribution in [-0.2, 0) is 11.3 Å². The number of benzene rings is 1. The second kappa shape index (κ2) is 10.4. The van der Waals surface area contributed by atoms with Gasteiger partial charge in [0.1, 0.15) is 11.4 Å². The van der Waals surface area contributed by atoms with Crippen LogP contribution in [-0.4, -0.2) is 64.0 Å². The first-order valence-corrected chi connectivity index (χ1v) is 13.2. The number of fused-ring (bicyclic) bond motifs is 1. The molecule has 192 valence electrons. The number of anilines is 1. The molecule has 3 aliphatic rings. The lowest BCUT2D eigenvalue weighted by molar-refractivity contribution is -0.135. The third-order valence-electron chi connectivity index (χ3n) is 7.99. The first-order valence-electron chi connectivity index (χ1n) is 13.2. The summed E-state index contributed by atoms with van der Waals surface area (Å²) in [6, 6.07) is 5.53. The first kappa shape index (κ1) is 24.5. The number of imide groups is 1. The van der Waals surface area contributed by atoms with Crippen molar-refractivity contribution >= 4 is 23.4 Å². The fourth-order valence-corrected chi connectivity index (χ4v) is 5.98. The molecule has 1 aromatic heterocycles.